The quantitative estimate of drug-likeness (QED) is 0.600. The molecule has 0 aliphatic heterocycles. The molecule has 104 valence electrons. The van der Waals surface area contributed by atoms with Crippen molar-refractivity contribution in [3.8, 4) is 0 Å². The summed E-state index contributed by atoms with van der Waals surface area (Å²) in [7, 11) is 0. The van der Waals surface area contributed by atoms with Crippen LogP contribution in [0.3, 0.4) is 0 Å². The van der Waals surface area contributed by atoms with E-state index in [1.165, 1.54) is 0 Å². The van der Waals surface area contributed by atoms with Crippen LogP contribution in [0.15, 0.2) is 47.4 Å². The van der Waals surface area contributed by atoms with Gasteiger partial charge in [-0.05, 0) is 55.2 Å². The number of halogens is 1. The fourth-order valence-electron chi connectivity index (χ4n) is 1.75. The predicted molar refractivity (Wildman–Crippen MR) is 94.3 cm³/mol. The molecular formula is C15H15ClN2S2. The lowest BCUT2D eigenvalue weighted by molar-refractivity contribution is 1.43. The first-order valence-electron chi connectivity index (χ1n) is 6.07. The van der Waals surface area contributed by atoms with Crippen molar-refractivity contribution in [1.82, 2.24) is 0 Å². The van der Waals surface area contributed by atoms with E-state index in [4.69, 9.17) is 23.8 Å². The summed E-state index contributed by atoms with van der Waals surface area (Å²) in [5, 5.41) is 7.63. The van der Waals surface area contributed by atoms with Crippen molar-refractivity contribution in [2.24, 2.45) is 0 Å². The second kappa shape index (κ2) is 6.97. The monoisotopic (exact) mass is 322 g/mol. The summed E-state index contributed by atoms with van der Waals surface area (Å²) in [4.78, 5) is 1.15. The smallest absolute Gasteiger partial charge is 0.175 e. The van der Waals surface area contributed by atoms with Crippen LogP contribution >= 0.6 is 35.6 Å². The molecule has 0 aliphatic carbocycles. The van der Waals surface area contributed by atoms with Gasteiger partial charge >= 0.3 is 0 Å². The van der Waals surface area contributed by atoms with Crippen molar-refractivity contribution in [3.05, 3.63) is 53.1 Å². The number of hydrogen-bond acceptors (Lipinski definition) is 2. The maximum atomic E-state index is 6.00. The second-order valence-electron chi connectivity index (χ2n) is 4.24. The first kappa shape index (κ1) is 15.2. The molecule has 20 heavy (non-hydrogen) atoms. The van der Waals surface area contributed by atoms with Crippen molar-refractivity contribution in [2.75, 3.05) is 16.9 Å². The molecule has 0 saturated carbocycles. The fraction of sp³-hybridized carbons (Fsp3) is 0.133. The van der Waals surface area contributed by atoms with Gasteiger partial charge in [-0.1, -0.05) is 29.8 Å². The van der Waals surface area contributed by atoms with Crippen LogP contribution in [0.25, 0.3) is 0 Å². The van der Waals surface area contributed by atoms with Gasteiger partial charge in [0.05, 0.1) is 5.69 Å². The number of aryl methyl sites for hydroxylation is 1. The highest BCUT2D eigenvalue weighted by Gasteiger charge is 2.05. The lowest BCUT2D eigenvalue weighted by atomic mass is 10.2. The molecule has 2 nitrogen and oxygen atoms in total. The third-order valence-corrected chi connectivity index (χ3v) is 4.04. The summed E-state index contributed by atoms with van der Waals surface area (Å²) >= 11 is 13.0. The van der Waals surface area contributed by atoms with Crippen molar-refractivity contribution in [3.63, 3.8) is 0 Å². The SMILES string of the molecule is CSc1ccccc1NC(=S)Nc1cc(Cl)ccc1C. The van der Waals surface area contributed by atoms with Crippen LogP contribution in [-0.4, -0.2) is 11.4 Å². The number of nitrogens with one attached hydrogen (secondary N) is 2. The summed E-state index contributed by atoms with van der Waals surface area (Å²) in [5.74, 6) is 0. The number of anilines is 2. The first-order valence-corrected chi connectivity index (χ1v) is 8.08. The molecule has 2 N–H and O–H groups in total. The molecular weight excluding hydrogens is 308 g/mol. The topological polar surface area (TPSA) is 24.1 Å². The molecule has 0 amide bonds. The van der Waals surface area contributed by atoms with Gasteiger partial charge in [0.15, 0.2) is 5.11 Å². The maximum absolute atomic E-state index is 6.00. The van der Waals surface area contributed by atoms with Crippen molar-refractivity contribution >= 4 is 52.1 Å². The van der Waals surface area contributed by atoms with E-state index in [-0.39, 0.29) is 0 Å². The molecule has 2 rings (SSSR count). The Kier molecular flexibility index (Phi) is 5.29. The molecule has 0 fully saturated rings. The van der Waals surface area contributed by atoms with E-state index in [1.54, 1.807) is 11.8 Å². The molecule has 2 aromatic rings. The van der Waals surface area contributed by atoms with Gasteiger partial charge in [-0.25, -0.2) is 0 Å². The molecule has 0 bridgehead atoms. The number of rotatable bonds is 3. The van der Waals surface area contributed by atoms with E-state index in [9.17, 15) is 0 Å². The number of thioether (sulfide) groups is 1. The minimum Gasteiger partial charge on any atom is -0.332 e. The number of thiocarbonyl (C=S) groups is 1. The van der Waals surface area contributed by atoms with Gasteiger partial charge < -0.3 is 10.6 Å². The van der Waals surface area contributed by atoms with Gasteiger partial charge in [0, 0.05) is 15.6 Å². The molecule has 0 aliphatic rings. The van der Waals surface area contributed by atoms with Crippen LogP contribution < -0.4 is 10.6 Å². The predicted octanol–water partition coefficient (Wildman–Crippen LogP) is 5.18. The van der Waals surface area contributed by atoms with Crippen LogP contribution in [0, 0.1) is 6.92 Å². The van der Waals surface area contributed by atoms with Crippen LogP contribution in [0.5, 0.6) is 0 Å². The average Bonchev–Trinajstić information content (AvgIpc) is 2.43. The zero-order chi connectivity index (χ0) is 14.5. The van der Waals surface area contributed by atoms with E-state index in [2.05, 4.69) is 16.7 Å². The highest BCUT2D eigenvalue weighted by molar-refractivity contribution is 7.98. The second-order valence-corrected chi connectivity index (χ2v) is 5.93. The highest BCUT2D eigenvalue weighted by Crippen LogP contribution is 2.25. The Bertz CT molecular complexity index is 629. The zero-order valence-corrected chi connectivity index (χ0v) is 13.6. The van der Waals surface area contributed by atoms with Gasteiger partial charge in [0.1, 0.15) is 0 Å². The van der Waals surface area contributed by atoms with E-state index >= 15 is 0 Å². The van der Waals surface area contributed by atoms with Crippen molar-refractivity contribution in [2.45, 2.75) is 11.8 Å². The Hall–Kier alpha value is -1.23. The van der Waals surface area contributed by atoms with E-state index in [1.807, 2.05) is 49.6 Å². The molecule has 0 unspecified atom stereocenters. The third-order valence-electron chi connectivity index (χ3n) is 2.80. The lowest BCUT2D eigenvalue weighted by Gasteiger charge is -2.14. The lowest BCUT2D eigenvalue weighted by Crippen LogP contribution is -2.20. The molecule has 0 radical (unpaired) electrons. The van der Waals surface area contributed by atoms with Gasteiger partial charge in [-0.2, -0.15) is 0 Å². The summed E-state index contributed by atoms with van der Waals surface area (Å²) in [6.45, 7) is 2.01. The molecule has 0 saturated heterocycles. The third kappa shape index (κ3) is 3.88. The Labute approximate surface area is 133 Å². The summed E-state index contributed by atoms with van der Waals surface area (Å²) in [6.07, 6.45) is 2.04. The summed E-state index contributed by atoms with van der Waals surface area (Å²) in [5.41, 5.74) is 3.01. The summed E-state index contributed by atoms with van der Waals surface area (Å²) < 4.78 is 0. The zero-order valence-electron chi connectivity index (χ0n) is 11.2. The largest absolute Gasteiger partial charge is 0.332 e. The van der Waals surface area contributed by atoms with Gasteiger partial charge in [-0.15, -0.1) is 11.8 Å². The Morgan fingerprint density at radius 3 is 2.55 bits per heavy atom. The highest BCUT2D eigenvalue weighted by atomic mass is 35.5. The van der Waals surface area contributed by atoms with Crippen LogP contribution in [-0.2, 0) is 0 Å². The first-order chi connectivity index (χ1) is 9.60. The Morgan fingerprint density at radius 1 is 1.10 bits per heavy atom. The number of hydrogen-bond donors (Lipinski definition) is 2. The van der Waals surface area contributed by atoms with Crippen molar-refractivity contribution < 1.29 is 0 Å². The molecule has 0 aromatic heterocycles. The van der Waals surface area contributed by atoms with Gasteiger partial charge in [0.25, 0.3) is 0 Å². The normalized spacial score (nSPS) is 10.2. The molecule has 0 atom stereocenters. The maximum Gasteiger partial charge on any atom is 0.175 e. The van der Waals surface area contributed by atoms with Crippen LogP contribution in [0.4, 0.5) is 11.4 Å². The summed E-state index contributed by atoms with van der Waals surface area (Å²) in [6, 6.07) is 13.7. The molecule has 0 heterocycles. The molecule has 5 heteroatoms. The molecule has 0 spiro atoms. The number of benzene rings is 2. The van der Waals surface area contributed by atoms with Gasteiger partial charge in [-0.3, -0.25) is 0 Å². The van der Waals surface area contributed by atoms with Crippen molar-refractivity contribution in [1.29, 1.82) is 0 Å². The Balaban J connectivity index is 2.11. The standard InChI is InChI=1S/C15H15ClN2S2/c1-10-7-8-11(16)9-13(10)18-15(19)17-12-5-3-4-6-14(12)20-2/h3-9H,1-2H3,(H2,17,18,19). The minimum absolute atomic E-state index is 0.553. The molecule has 2 aromatic carbocycles. The Morgan fingerprint density at radius 2 is 1.80 bits per heavy atom. The van der Waals surface area contributed by atoms with Gasteiger partial charge in [0.2, 0.25) is 0 Å². The van der Waals surface area contributed by atoms with Crippen LogP contribution in [0.1, 0.15) is 5.56 Å². The fourth-order valence-corrected chi connectivity index (χ4v) is 2.70. The minimum atomic E-state index is 0.553. The average molecular weight is 323 g/mol. The van der Waals surface area contributed by atoms with E-state index in [0.717, 1.165) is 21.8 Å². The van der Waals surface area contributed by atoms with E-state index in [0.29, 0.717) is 10.1 Å². The number of para-hydroxylation sites is 1. The van der Waals surface area contributed by atoms with E-state index < -0.39 is 0 Å². The van der Waals surface area contributed by atoms with Crippen LogP contribution in [0.2, 0.25) is 5.02 Å².